The lowest BCUT2D eigenvalue weighted by Crippen LogP contribution is -2.57. The Morgan fingerprint density at radius 1 is 1.59 bits per heavy atom. The molecule has 17 heavy (non-hydrogen) atoms. The summed E-state index contributed by atoms with van der Waals surface area (Å²) < 4.78 is 0.580. The Morgan fingerprint density at radius 2 is 2.29 bits per heavy atom. The van der Waals surface area contributed by atoms with Crippen LogP contribution in [0, 0.1) is 0 Å². The van der Waals surface area contributed by atoms with E-state index in [2.05, 4.69) is 31.2 Å². The molecule has 2 heterocycles. The minimum atomic E-state index is -0.491. The average molecular weight is 320 g/mol. The van der Waals surface area contributed by atoms with Gasteiger partial charge in [0.1, 0.15) is 11.9 Å². The highest BCUT2D eigenvalue weighted by molar-refractivity contribution is 9.10. The van der Waals surface area contributed by atoms with Crippen LogP contribution in [0.4, 0.5) is 5.82 Å². The van der Waals surface area contributed by atoms with E-state index < -0.39 is 6.04 Å². The first kappa shape index (κ1) is 12.3. The van der Waals surface area contributed by atoms with E-state index in [1.54, 1.807) is 11.8 Å². The quantitative estimate of drug-likeness (QED) is 0.610. The summed E-state index contributed by atoms with van der Waals surface area (Å²) in [5.41, 5.74) is 0. The van der Waals surface area contributed by atoms with Gasteiger partial charge in [0.15, 0.2) is 0 Å². The highest BCUT2D eigenvalue weighted by Gasteiger charge is 2.32. The van der Waals surface area contributed by atoms with Gasteiger partial charge in [-0.15, -0.1) is 0 Å². The van der Waals surface area contributed by atoms with Crippen molar-refractivity contribution in [3.63, 3.8) is 0 Å². The van der Waals surface area contributed by atoms with E-state index in [1.165, 1.54) is 6.20 Å². The van der Waals surface area contributed by atoms with E-state index >= 15 is 0 Å². The molecule has 2 amide bonds. The molecule has 1 aliphatic heterocycles. The lowest BCUT2D eigenvalue weighted by atomic mass is 10.2. The topological polar surface area (TPSA) is 75.2 Å². The Kier molecular flexibility index (Phi) is 3.30. The van der Waals surface area contributed by atoms with E-state index in [1.807, 2.05) is 0 Å². The Labute approximate surface area is 110 Å². The van der Waals surface area contributed by atoms with Gasteiger partial charge in [-0.05, 0) is 34.5 Å². The van der Waals surface area contributed by atoms with Gasteiger partial charge in [-0.3, -0.25) is 14.9 Å². The van der Waals surface area contributed by atoms with Gasteiger partial charge in [-0.1, -0.05) is 0 Å². The van der Waals surface area contributed by atoms with Crippen LogP contribution in [-0.2, 0) is 9.59 Å². The SMILES string of the molecule is CC1C(=O)NC(=O)CN1c1nc(Cl)ncc1Br. The van der Waals surface area contributed by atoms with Crippen LogP contribution in [0.3, 0.4) is 0 Å². The predicted octanol–water partition coefficient (Wildman–Crippen LogP) is 0.744. The zero-order valence-corrected chi connectivity index (χ0v) is 11.1. The number of nitrogens with zero attached hydrogens (tertiary/aromatic N) is 3. The van der Waals surface area contributed by atoms with Gasteiger partial charge in [0, 0.05) is 6.20 Å². The lowest BCUT2D eigenvalue weighted by molar-refractivity contribution is -0.132. The minimum absolute atomic E-state index is 0.0544. The van der Waals surface area contributed by atoms with Crippen LogP contribution < -0.4 is 10.2 Å². The van der Waals surface area contributed by atoms with Crippen molar-refractivity contribution in [2.45, 2.75) is 13.0 Å². The molecule has 1 saturated heterocycles. The number of carbonyl (C=O) groups is 2. The number of piperazine rings is 1. The van der Waals surface area contributed by atoms with E-state index in [9.17, 15) is 9.59 Å². The van der Waals surface area contributed by atoms with Crippen molar-refractivity contribution < 1.29 is 9.59 Å². The van der Waals surface area contributed by atoms with Crippen molar-refractivity contribution in [1.29, 1.82) is 0 Å². The maximum Gasteiger partial charge on any atom is 0.249 e. The van der Waals surface area contributed by atoms with Crippen LogP contribution >= 0.6 is 27.5 Å². The molecule has 1 fully saturated rings. The largest absolute Gasteiger partial charge is 0.334 e. The number of nitrogens with one attached hydrogen (secondary N) is 1. The maximum absolute atomic E-state index is 11.5. The second-order valence-electron chi connectivity index (χ2n) is 3.53. The van der Waals surface area contributed by atoms with Crippen LogP contribution in [0.25, 0.3) is 0 Å². The molecule has 1 aromatic rings. The van der Waals surface area contributed by atoms with Crippen molar-refractivity contribution in [1.82, 2.24) is 15.3 Å². The summed E-state index contributed by atoms with van der Waals surface area (Å²) >= 11 is 8.97. The number of amides is 2. The fourth-order valence-electron chi connectivity index (χ4n) is 1.51. The zero-order valence-electron chi connectivity index (χ0n) is 8.78. The molecule has 1 unspecified atom stereocenters. The summed E-state index contributed by atoms with van der Waals surface area (Å²) in [5.74, 6) is -0.293. The Bertz CT molecular complexity index is 496. The molecule has 1 aliphatic rings. The number of carbonyl (C=O) groups excluding carboxylic acids is 2. The third kappa shape index (κ3) is 2.39. The lowest BCUT2D eigenvalue weighted by Gasteiger charge is -2.32. The van der Waals surface area contributed by atoms with Crippen LogP contribution in [0.2, 0.25) is 5.28 Å². The number of anilines is 1. The summed E-state index contributed by atoms with van der Waals surface area (Å²) in [7, 11) is 0. The molecule has 0 bridgehead atoms. The Hall–Kier alpha value is -1.21. The first-order valence-electron chi connectivity index (χ1n) is 4.77. The fourth-order valence-corrected chi connectivity index (χ4v) is 2.06. The molecule has 90 valence electrons. The van der Waals surface area contributed by atoms with Crippen LogP contribution in [0.1, 0.15) is 6.92 Å². The van der Waals surface area contributed by atoms with Crippen molar-refractivity contribution >= 4 is 45.2 Å². The molecule has 0 radical (unpaired) electrons. The second-order valence-corrected chi connectivity index (χ2v) is 4.72. The molecule has 0 aliphatic carbocycles. The van der Waals surface area contributed by atoms with Gasteiger partial charge >= 0.3 is 0 Å². The fraction of sp³-hybridized carbons (Fsp3) is 0.333. The van der Waals surface area contributed by atoms with Crippen molar-refractivity contribution in [2.75, 3.05) is 11.4 Å². The molecular weight excluding hydrogens is 311 g/mol. The summed E-state index contributed by atoms with van der Waals surface area (Å²) in [6.45, 7) is 1.74. The highest BCUT2D eigenvalue weighted by atomic mass is 79.9. The van der Waals surface area contributed by atoms with Gasteiger partial charge in [0.05, 0.1) is 11.0 Å². The number of hydrogen-bond acceptors (Lipinski definition) is 5. The van der Waals surface area contributed by atoms with Crippen LogP contribution in [0.5, 0.6) is 0 Å². The first-order valence-corrected chi connectivity index (χ1v) is 5.94. The zero-order chi connectivity index (χ0) is 12.6. The maximum atomic E-state index is 11.5. The normalized spacial score (nSPS) is 20.4. The molecule has 1 atom stereocenters. The summed E-state index contributed by atoms with van der Waals surface area (Å²) in [6, 6.07) is -0.491. The monoisotopic (exact) mass is 318 g/mol. The molecule has 1 aromatic heterocycles. The van der Waals surface area contributed by atoms with Crippen LogP contribution in [-0.4, -0.2) is 34.4 Å². The van der Waals surface area contributed by atoms with Crippen molar-refractivity contribution in [3.8, 4) is 0 Å². The summed E-state index contributed by atoms with van der Waals surface area (Å²) in [4.78, 5) is 32.2. The number of rotatable bonds is 1. The van der Waals surface area contributed by atoms with Crippen molar-refractivity contribution in [2.24, 2.45) is 0 Å². The van der Waals surface area contributed by atoms with Gasteiger partial charge in [0.2, 0.25) is 17.1 Å². The summed E-state index contributed by atoms with van der Waals surface area (Å²) in [6.07, 6.45) is 1.48. The predicted molar refractivity (Wildman–Crippen MR) is 64.7 cm³/mol. The number of halogens is 2. The molecule has 8 heteroatoms. The van der Waals surface area contributed by atoms with E-state index in [0.29, 0.717) is 10.3 Å². The minimum Gasteiger partial charge on any atom is -0.334 e. The van der Waals surface area contributed by atoms with E-state index in [0.717, 1.165) is 0 Å². The summed E-state index contributed by atoms with van der Waals surface area (Å²) in [5, 5.41) is 2.32. The third-order valence-corrected chi connectivity index (χ3v) is 3.13. The smallest absolute Gasteiger partial charge is 0.249 e. The van der Waals surface area contributed by atoms with E-state index in [-0.39, 0.29) is 23.6 Å². The van der Waals surface area contributed by atoms with Gasteiger partial charge in [-0.2, -0.15) is 4.98 Å². The Morgan fingerprint density at radius 3 is 3.00 bits per heavy atom. The highest BCUT2D eigenvalue weighted by Crippen LogP contribution is 2.26. The van der Waals surface area contributed by atoms with Crippen LogP contribution in [0.15, 0.2) is 10.7 Å². The third-order valence-electron chi connectivity index (χ3n) is 2.39. The van der Waals surface area contributed by atoms with E-state index in [4.69, 9.17) is 11.6 Å². The number of aromatic nitrogens is 2. The second kappa shape index (κ2) is 4.58. The van der Waals surface area contributed by atoms with Gasteiger partial charge in [-0.25, -0.2) is 4.98 Å². The standard InChI is InChI=1S/C9H8BrClN4O2/c1-4-8(17)13-6(16)3-15(4)7-5(10)2-12-9(11)14-7/h2,4H,3H2,1H3,(H,13,16,17). The van der Waals surface area contributed by atoms with Crippen molar-refractivity contribution in [3.05, 3.63) is 16.0 Å². The number of hydrogen-bond donors (Lipinski definition) is 1. The molecular formula is C9H8BrClN4O2. The number of imide groups is 1. The Balaban J connectivity index is 2.40. The molecule has 0 saturated carbocycles. The molecule has 0 spiro atoms. The molecule has 0 aromatic carbocycles. The van der Waals surface area contributed by atoms with Gasteiger partial charge in [0.25, 0.3) is 0 Å². The van der Waals surface area contributed by atoms with Gasteiger partial charge < -0.3 is 4.90 Å². The average Bonchev–Trinajstić information content (AvgIpc) is 2.27. The first-order chi connectivity index (χ1) is 7.99. The molecule has 1 N–H and O–H groups in total. The molecule has 2 rings (SSSR count). The molecule has 6 nitrogen and oxygen atoms in total.